The zero-order valence-corrected chi connectivity index (χ0v) is 15.9. The highest BCUT2D eigenvalue weighted by Gasteiger charge is 2.22. The number of rotatable bonds is 5. The maximum Gasteiger partial charge on any atom is 0.255 e. The number of carbonyl (C=O) groups is 1. The molecule has 3 heterocycles. The van der Waals surface area contributed by atoms with Crippen LogP contribution in [0.15, 0.2) is 70.6 Å². The molecule has 0 aliphatic carbocycles. The molecule has 0 aliphatic rings. The Morgan fingerprint density at radius 3 is 2.63 bits per heavy atom. The number of nitrogens with one attached hydrogen (secondary N) is 1. The predicted molar refractivity (Wildman–Crippen MR) is 106 cm³/mol. The molecule has 1 aromatic carbocycles. The largest absolute Gasteiger partial charge is 0.460 e. The van der Waals surface area contributed by atoms with Crippen LogP contribution >= 0.6 is 11.3 Å². The zero-order valence-electron chi connectivity index (χ0n) is 15.0. The molecular weight excluding hydrogens is 358 g/mol. The standard InChI is InChI=1S/C21H19N3O2S/c1-14-10-11-18(26-14)20-17(13-24(23-20)16-7-4-3-5-8-16)21(25)22-15(2)19-9-6-12-27-19/h3-13,15H,1-2H3,(H,22,25)/t15-/m0/s1. The van der Waals surface area contributed by atoms with Gasteiger partial charge in [0.25, 0.3) is 5.91 Å². The van der Waals surface area contributed by atoms with Gasteiger partial charge in [0.2, 0.25) is 0 Å². The molecular formula is C21H19N3O2S. The molecule has 0 unspecified atom stereocenters. The van der Waals surface area contributed by atoms with E-state index in [9.17, 15) is 4.79 Å². The smallest absolute Gasteiger partial charge is 0.255 e. The van der Waals surface area contributed by atoms with Crippen molar-refractivity contribution in [2.24, 2.45) is 0 Å². The second-order valence-electron chi connectivity index (χ2n) is 6.29. The minimum atomic E-state index is -0.179. The number of para-hydroxylation sites is 1. The number of benzene rings is 1. The van der Waals surface area contributed by atoms with E-state index in [0.717, 1.165) is 16.3 Å². The second kappa shape index (κ2) is 7.25. The summed E-state index contributed by atoms with van der Waals surface area (Å²) in [5.41, 5.74) is 1.90. The highest BCUT2D eigenvalue weighted by atomic mass is 32.1. The van der Waals surface area contributed by atoms with Gasteiger partial charge >= 0.3 is 0 Å². The summed E-state index contributed by atoms with van der Waals surface area (Å²) in [5, 5.41) is 9.68. The van der Waals surface area contributed by atoms with Crippen molar-refractivity contribution < 1.29 is 9.21 Å². The Bertz CT molecular complexity index is 1050. The Morgan fingerprint density at radius 1 is 1.15 bits per heavy atom. The molecule has 0 saturated carbocycles. The van der Waals surface area contributed by atoms with Crippen LogP contribution < -0.4 is 5.32 Å². The predicted octanol–water partition coefficient (Wildman–Crippen LogP) is 4.99. The summed E-state index contributed by atoms with van der Waals surface area (Å²) < 4.78 is 7.44. The van der Waals surface area contributed by atoms with E-state index in [2.05, 4.69) is 10.4 Å². The van der Waals surface area contributed by atoms with Crippen molar-refractivity contribution in [3.8, 4) is 17.1 Å². The average Bonchev–Trinajstić information content (AvgIpc) is 3.42. The minimum Gasteiger partial charge on any atom is -0.460 e. The van der Waals surface area contributed by atoms with Gasteiger partial charge in [0.15, 0.2) is 5.76 Å². The SMILES string of the molecule is Cc1ccc(-c2nn(-c3ccccc3)cc2C(=O)N[C@@H](C)c2cccs2)o1. The summed E-state index contributed by atoms with van der Waals surface area (Å²) in [6.07, 6.45) is 1.75. The van der Waals surface area contributed by atoms with E-state index in [1.54, 1.807) is 22.2 Å². The lowest BCUT2D eigenvalue weighted by atomic mass is 10.1. The quantitative estimate of drug-likeness (QED) is 0.533. The summed E-state index contributed by atoms with van der Waals surface area (Å²) in [4.78, 5) is 14.1. The normalized spacial score (nSPS) is 12.1. The fraction of sp³-hybridized carbons (Fsp3) is 0.143. The van der Waals surface area contributed by atoms with Crippen molar-refractivity contribution in [3.63, 3.8) is 0 Å². The van der Waals surface area contributed by atoms with Crippen molar-refractivity contribution >= 4 is 17.2 Å². The van der Waals surface area contributed by atoms with Gasteiger partial charge < -0.3 is 9.73 Å². The zero-order chi connectivity index (χ0) is 18.8. The first-order valence-corrected chi connectivity index (χ1v) is 9.56. The summed E-state index contributed by atoms with van der Waals surface area (Å²) in [7, 11) is 0. The van der Waals surface area contributed by atoms with Crippen LogP contribution in [0, 0.1) is 6.92 Å². The van der Waals surface area contributed by atoms with Gasteiger partial charge in [-0.05, 0) is 49.6 Å². The monoisotopic (exact) mass is 377 g/mol. The Hall–Kier alpha value is -3.12. The molecule has 27 heavy (non-hydrogen) atoms. The Kier molecular flexibility index (Phi) is 4.64. The Balaban J connectivity index is 1.71. The van der Waals surface area contributed by atoms with E-state index in [0.29, 0.717) is 17.0 Å². The molecule has 0 saturated heterocycles. The highest BCUT2D eigenvalue weighted by Crippen LogP contribution is 2.27. The van der Waals surface area contributed by atoms with Gasteiger partial charge in [0.1, 0.15) is 11.5 Å². The number of thiophene rings is 1. The lowest BCUT2D eigenvalue weighted by molar-refractivity contribution is 0.0941. The van der Waals surface area contributed by atoms with Gasteiger partial charge in [-0.1, -0.05) is 24.3 Å². The molecule has 6 heteroatoms. The number of aromatic nitrogens is 2. The third-order valence-electron chi connectivity index (χ3n) is 4.27. The Morgan fingerprint density at radius 2 is 1.96 bits per heavy atom. The van der Waals surface area contributed by atoms with Crippen molar-refractivity contribution in [2.45, 2.75) is 19.9 Å². The number of furan rings is 1. The molecule has 0 spiro atoms. The van der Waals surface area contributed by atoms with Crippen LogP contribution in [-0.2, 0) is 0 Å². The first kappa shape index (κ1) is 17.3. The van der Waals surface area contributed by atoms with Crippen LogP contribution in [0.25, 0.3) is 17.1 Å². The number of aryl methyl sites for hydroxylation is 1. The summed E-state index contributed by atoms with van der Waals surface area (Å²) in [6.45, 7) is 3.85. The van der Waals surface area contributed by atoms with Crippen molar-refractivity contribution in [1.29, 1.82) is 0 Å². The third-order valence-corrected chi connectivity index (χ3v) is 5.33. The van der Waals surface area contributed by atoms with Crippen LogP contribution in [0.4, 0.5) is 0 Å². The molecule has 1 atom stereocenters. The second-order valence-corrected chi connectivity index (χ2v) is 7.27. The molecule has 5 nitrogen and oxygen atoms in total. The highest BCUT2D eigenvalue weighted by molar-refractivity contribution is 7.10. The topological polar surface area (TPSA) is 60.1 Å². The van der Waals surface area contributed by atoms with Gasteiger partial charge in [-0.2, -0.15) is 5.10 Å². The van der Waals surface area contributed by atoms with Crippen molar-refractivity contribution in [2.75, 3.05) is 0 Å². The summed E-state index contributed by atoms with van der Waals surface area (Å²) >= 11 is 1.62. The van der Waals surface area contributed by atoms with E-state index >= 15 is 0 Å². The van der Waals surface area contributed by atoms with Gasteiger partial charge in [0, 0.05) is 11.1 Å². The van der Waals surface area contributed by atoms with Crippen LogP contribution in [0.3, 0.4) is 0 Å². The van der Waals surface area contributed by atoms with E-state index in [4.69, 9.17) is 4.42 Å². The number of nitrogens with zero attached hydrogens (tertiary/aromatic N) is 2. The van der Waals surface area contributed by atoms with E-state index < -0.39 is 0 Å². The van der Waals surface area contributed by atoms with Crippen LogP contribution in [0.1, 0.15) is 34.0 Å². The van der Waals surface area contributed by atoms with Crippen LogP contribution in [0.5, 0.6) is 0 Å². The van der Waals surface area contributed by atoms with Gasteiger partial charge in [0.05, 0.1) is 17.3 Å². The molecule has 0 radical (unpaired) electrons. The molecule has 0 aliphatic heterocycles. The third kappa shape index (κ3) is 3.57. The lowest BCUT2D eigenvalue weighted by Crippen LogP contribution is -2.26. The van der Waals surface area contributed by atoms with E-state index in [-0.39, 0.29) is 11.9 Å². The average molecular weight is 377 g/mol. The maximum absolute atomic E-state index is 13.0. The van der Waals surface area contributed by atoms with Gasteiger partial charge in [-0.25, -0.2) is 4.68 Å². The molecule has 4 aromatic rings. The fourth-order valence-corrected chi connectivity index (χ4v) is 3.61. The molecule has 0 bridgehead atoms. The van der Waals surface area contributed by atoms with Crippen LogP contribution in [-0.4, -0.2) is 15.7 Å². The van der Waals surface area contributed by atoms with Gasteiger partial charge in [-0.15, -0.1) is 11.3 Å². The van der Waals surface area contributed by atoms with Gasteiger partial charge in [-0.3, -0.25) is 4.79 Å². The van der Waals surface area contributed by atoms with Crippen molar-refractivity contribution in [3.05, 3.63) is 82.4 Å². The number of amides is 1. The lowest BCUT2D eigenvalue weighted by Gasteiger charge is -2.11. The van der Waals surface area contributed by atoms with Crippen molar-refractivity contribution in [1.82, 2.24) is 15.1 Å². The molecule has 136 valence electrons. The number of hydrogen-bond donors (Lipinski definition) is 1. The number of hydrogen-bond acceptors (Lipinski definition) is 4. The molecule has 4 rings (SSSR count). The van der Waals surface area contributed by atoms with Crippen LogP contribution in [0.2, 0.25) is 0 Å². The molecule has 1 amide bonds. The summed E-state index contributed by atoms with van der Waals surface area (Å²) in [6, 6.07) is 17.3. The Labute approximate surface area is 161 Å². The first-order valence-electron chi connectivity index (χ1n) is 8.68. The summed E-state index contributed by atoms with van der Waals surface area (Å²) in [5.74, 6) is 1.18. The fourth-order valence-electron chi connectivity index (χ4n) is 2.88. The van der Waals surface area contributed by atoms with E-state index in [1.807, 2.05) is 73.8 Å². The molecule has 3 aromatic heterocycles. The molecule has 0 fully saturated rings. The maximum atomic E-state index is 13.0. The number of carbonyl (C=O) groups excluding carboxylic acids is 1. The minimum absolute atomic E-state index is 0.0798. The first-order chi connectivity index (χ1) is 13.1. The van der Waals surface area contributed by atoms with E-state index in [1.165, 1.54) is 0 Å². The molecule has 1 N–H and O–H groups in total.